The van der Waals surface area contributed by atoms with Crippen LogP contribution in [0.1, 0.15) is 6.92 Å². The fourth-order valence-corrected chi connectivity index (χ4v) is 1.48. The molecule has 7 heteroatoms. The van der Waals surface area contributed by atoms with E-state index in [4.69, 9.17) is 28.3 Å². The average molecular weight is 291 g/mol. The van der Waals surface area contributed by atoms with E-state index in [0.717, 1.165) is 4.90 Å². The predicted octanol–water partition coefficient (Wildman–Crippen LogP) is 2.93. The molecule has 18 heavy (non-hydrogen) atoms. The molecule has 98 valence electrons. The van der Waals surface area contributed by atoms with Gasteiger partial charge in [-0.1, -0.05) is 23.2 Å². The quantitative estimate of drug-likeness (QED) is 0.899. The van der Waals surface area contributed by atoms with E-state index >= 15 is 0 Å². The monoisotopic (exact) mass is 290 g/mol. The van der Waals surface area contributed by atoms with Crippen molar-refractivity contribution in [1.29, 1.82) is 0 Å². The first-order valence-electron chi connectivity index (χ1n) is 5.04. The number of urea groups is 1. The lowest BCUT2D eigenvalue weighted by Gasteiger charge is -2.22. The molecule has 1 aromatic carbocycles. The van der Waals surface area contributed by atoms with Crippen LogP contribution in [0, 0.1) is 0 Å². The van der Waals surface area contributed by atoms with Gasteiger partial charge in [0.2, 0.25) is 0 Å². The lowest BCUT2D eigenvalue weighted by Crippen LogP contribution is -2.42. The highest BCUT2D eigenvalue weighted by atomic mass is 35.5. The number of nitrogens with zero attached hydrogens (tertiary/aromatic N) is 1. The molecule has 0 aromatic heterocycles. The van der Waals surface area contributed by atoms with E-state index in [1.54, 1.807) is 12.1 Å². The number of carboxylic acids is 1. The molecule has 0 bridgehead atoms. The second-order valence-electron chi connectivity index (χ2n) is 3.68. The van der Waals surface area contributed by atoms with Crippen LogP contribution in [-0.4, -0.2) is 35.1 Å². The van der Waals surface area contributed by atoms with Gasteiger partial charge in [-0.15, -0.1) is 0 Å². The number of aliphatic carboxylic acids is 1. The number of anilines is 1. The maximum atomic E-state index is 11.8. The largest absolute Gasteiger partial charge is 0.480 e. The van der Waals surface area contributed by atoms with Crippen LogP contribution in [0.3, 0.4) is 0 Å². The third kappa shape index (κ3) is 3.51. The Morgan fingerprint density at radius 3 is 2.56 bits per heavy atom. The predicted molar refractivity (Wildman–Crippen MR) is 70.3 cm³/mol. The number of hydrogen-bond donors (Lipinski definition) is 2. The Labute approximate surface area is 114 Å². The molecular formula is C11H12Cl2N2O3. The van der Waals surface area contributed by atoms with Crippen LogP contribution in [0.2, 0.25) is 10.0 Å². The molecule has 1 rings (SSSR count). The van der Waals surface area contributed by atoms with Crippen LogP contribution in [0.5, 0.6) is 0 Å². The first-order chi connectivity index (χ1) is 8.32. The molecular weight excluding hydrogens is 279 g/mol. The zero-order valence-corrected chi connectivity index (χ0v) is 11.3. The van der Waals surface area contributed by atoms with Crippen molar-refractivity contribution in [2.45, 2.75) is 13.0 Å². The molecule has 1 aromatic rings. The van der Waals surface area contributed by atoms with Crippen molar-refractivity contribution in [2.75, 3.05) is 12.4 Å². The Morgan fingerprint density at radius 2 is 2.00 bits per heavy atom. The summed E-state index contributed by atoms with van der Waals surface area (Å²) < 4.78 is 0. The minimum absolute atomic E-state index is 0.323. The van der Waals surface area contributed by atoms with E-state index < -0.39 is 18.0 Å². The smallest absolute Gasteiger partial charge is 0.326 e. The molecule has 0 radical (unpaired) electrons. The number of likely N-dealkylation sites (N-methyl/N-ethyl adjacent to an activating group) is 1. The van der Waals surface area contributed by atoms with E-state index in [1.807, 2.05) is 0 Å². The summed E-state index contributed by atoms with van der Waals surface area (Å²) in [4.78, 5) is 23.6. The Kier molecular flexibility index (Phi) is 4.81. The van der Waals surface area contributed by atoms with Crippen molar-refractivity contribution < 1.29 is 14.7 Å². The minimum Gasteiger partial charge on any atom is -0.480 e. The van der Waals surface area contributed by atoms with E-state index in [9.17, 15) is 9.59 Å². The molecule has 1 unspecified atom stereocenters. The maximum absolute atomic E-state index is 11.8. The fraction of sp³-hybridized carbons (Fsp3) is 0.273. The summed E-state index contributed by atoms with van der Waals surface area (Å²) >= 11 is 11.7. The molecule has 0 saturated carbocycles. The van der Waals surface area contributed by atoms with Crippen molar-refractivity contribution in [3.05, 3.63) is 28.2 Å². The van der Waals surface area contributed by atoms with Gasteiger partial charge < -0.3 is 15.3 Å². The van der Waals surface area contributed by atoms with E-state index in [2.05, 4.69) is 5.32 Å². The van der Waals surface area contributed by atoms with Gasteiger partial charge in [-0.25, -0.2) is 9.59 Å². The highest BCUT2D eigenvalue weighted by Crippen LogP contribution is 2.25. The Hall–Kier alpha value is -1.46. The van der Waals surface area contributed by atoms with Crippen LogP contribution in [-0.2, 0) is 4.79 Å². The van der Waals surface area contributed by atoms with Crippen molar-refractivity contribution in [3.8, 4) is 0 Å². The van der Waals surface area contributed by atoms with Gasteiger partial charge in [0.15, 0.2) is 0 Å². The number of carboxylic acid groups (broad SMARTS) is 1. The number of benzene rings is 1. The SMILES string of the molecule is CC(C(=O)O)N(C)C(=O)Nc1cc(Cl)ccc1Cl. The molecule has 0 saturated heterocycles. The first kappa shape index (κ1) is 14.6. The van der Waals surface area contributed by atoms with Gasteiger partial charge >= 0.3 is 12.0 Å². The molecule has 1 atom stereocenters. The van der Waals surface area contributed by atoms with E-state index in [0.29, 0.717) is 15.7 Å². The third-order valence-electron chi connectivity index (χ3n) is 2.43. The normalized spacial score (nSPS) is 11.8. The van der Waals surface area contributed by atoms with Gasteiger partial charge in [0.05, 0.1) is 10.7 Å². The second kappa shape index (κ2) is 5.93. The first-order valence-corrected chi connectivity index (χ1v) is 5.80. The van der Waals surface area contributed by atoms with E-state index in [1.165, 1.54) is 20.0 Å². The number of rotatable bonds is 3. The van der Waals surface area contributed by atoms with Gasteiger partial charge in [-0.2, -0.15) is 0 Å². The summed E-state index contributed by atoms with van der Waals surface area (Å²) in [6.07, 6.45) is 0. The number of hydrogen-bond acceptors (Lipinski definition) is 2. The highest BCUT2D eigenvalue weighted by Gasteiger charge is 2.22. The standard InChI is InChI=1S/C11H12Cl2N2O3/c1-6(10(16)17)15(2)11(18)14-9-5-7(12)3-4-8(9)13/h3-6H,1-2H3,(H,14,18)(H,16,17). The summed E-state index contributed by atoms with van der Waals surface area (Å²) in [7, 11) is 1.38. The van der Waals surface area contributed by atoms with Crippen LogP contribution in [0.25, 0.3) is 0 Å². The summed E-state index contributed by atoms with van der Waals surface area (Å²) in [6, 6.07) is 3.10. The number of amides is 2. The van der Waals surface area contributed by atoms with Crippen LogP contribution in [0.4, 0.5) is 10.5 Å². The molecule has 5 nitrogen and oxygen atoms in total. The van der Waals surface area contributed by atoms with Crippen molar-refractivity contribution in [1.82, 2.24) is 4.90 Å². The number of carbonyl (C=O) groups is 2. The van der Waals surface area contributed by atoms with Gasteiger partial charge in [0.1, 0.15) is 6.04 Å². The Morgan fingerprint density at radius 1 is 1.39 bits per heavy atom. The summed E-state index contributed by atoms with van der Waals surface area (Å²) in [6.45, 7) is 1.40. The number of halogens is 2. The molecule has 2 amide bonds. The maximum Gasteiger partial charge on any atom is 0.326 e. The average Bonchev–Trinajstić information content (AvgIpc) is 2.31. The summed E-state index contributed by atoms with van der Waals surface area (Å²) in [5.74, 6) is -1.09. The number of nitrogens with one attached hydrogen (secondary N) is 1. The zero-order valence-electron chi connectivity index (χ0n) is 9.78. The van der Waals surface area contributed by atoms with Crippen LogP contribution >= 0.6 is 23.2 Å². The zero-order chi connectivity index (χ0) is 13.9. The molecule has 0 aliphatic rings. The topological polar surface area (TPSA) is 69.6 Å². The highest BCUT2D eigenvalue weighted by molar-refractivity contribution is 6.35. The lowest BCUT2D eigenvalue weighted by molar-refractivity contribution is -0.141. The van der Waals surface area contributed by atoms with Crippen LogP contribution in [0.15, 0.2) is 18.2 Å². The van der Waals surface area contributed by atoms with Gasteiger partial charge in [-0.3, -0.25) is 0 Å². The molecule has 0 heterocycles. The summed E-state index contributed by atoms with van der Waals surface area (Å²) in [5.41, 5.74) is 0.332. The molecule has 0 aliphatic carbocycles. The van der Waals surface area contributed by atoms with Crippen molar-refractivity contribution >= 4 is 40.9 Å². The fourth-order valence-electron chi connectivity index (χ4n) is 1.14. The minimum atomic E-state index is -1.09. The van der Waals surface area contributed by atoms with Crippen molar-refractivity contribution in [3.63, 3.8) is 0 Å². The van der Waals surface area contributed by atoms with Gasteiger partial charge in [0, 0.05) is 12.1 Å². The van der Waals surface area contributed by atoms with Crippen LogP contribution < -0.4 is 5.32 Å². The lowest BCUT2D eigenvalue weighted by atomic mass is 10.3. The van der Waals surface area contributed by atoms with Gasteiger partial charge in [0.25, 0.3) is 0 Å². The Balaban J connectivity index is 2.81. The van der Waals surface area contributed by atoms with Gasteiger partial charge in [-0.05, 0) is 25.1 Å². The molecule has 0 spiro atoms. The molecule has 0 fully saturated rings. The third-order valence-corrected chi connectivity index (χ3v) is 2.99. The summed E-state index contributed by atoms with van der Waals surface area (Å²) in [5, 5.41) is 12.0. The second-order valence-corrected chi connectivity index (χ2v) is 4.52. The number of carbonyl (C=O) groups excluding carboxylic acids is 1. The van der Waals surface area contributed by atoms with Crippen molar-refractivity contribution in [2.24, 2.45) is 0 Å². The Bertz CT molecular complexity index is 479. The molecule has 0 aliphatic heterocycles. The van der Waals surface area contributed by atoms with E-state index in [-0.39, 0.29) is 0 Å². The molecule has 2 N–H and O–H groups in total.